The van der Waals surface area contributed by atoms with Gasteiger partial charge in [0.1, 0.15) is 13.2 Å². The summed E-state index contributed by atoms with van der Waals surface area (Å²) in [6.07, 6.45) is 41.1. The summed E-state index contributed by atoms with van der Waals surface area (Å²) >= 11 is 0. The van der Waals surface area contributed by atoms with Crippen molar-refractivity contribution >= 4 is 17.9 Å². The fourth-order valence-corrected chi connectivity index (χ4v) is 4.98. The first-order valence-electron chi connectivity index (χ1n) is 20.6. The van der Waals surface area contributed by atoms with Crippen molar-refractivity contribution in [3.8, 4) is 0 Å². The molecule has 0 rings (SSSR count). The Balaban J connectivity index is 4.63. The number of quaternary nitrogens is 1. The maximum absolute atomic E-state index is 12.7. The fourth-order valence-electron chi connectivity index (χ4n) is 4.98. The number of hydrogen-bond acceptors (Lipinski definition) is 7. The van der Waals surface area contributed by atoms with Crippen molar-refractivity contribution in [2.24, 2.45) is 0 Å². The molecule has 2 atom stereocenters. The highest BCUT2D eigenvalue weighted by molar-refractivity contribution is 5.71. The first kappa shape index (κ1) is 50.7. The van der Waals surface area contributed by atoms with Crippen LogP contribution in [-0.2, 0) is 33.3 Å². The van der Waals surface area contributed by atoms with Gasteiger partial charge >= 0.3 is 17.9 Å². The van der Waals surface area contributed by atoms with Crippen LogP contribution >= 0.6 is 0 Å². The summed E-state index contributed by atoms with van der Waals surface area (Å²) in [6, 6.07) is 0. The largest absolute Gasteiger partial charge is 0.477 e. The van der Waals surface area contributed by atoms with E-state index in [0.717, 1.165) is 77.0 Å². The number of carbonyl (C=O) groups excluding carboxylic acids is 2. The topological polar surface area (TPSA) is 108 Å². The number of likely N-dealkylation sites (N-methyl/N-ethyl adjacent to an activating group) is 1. The number of nitrogens with zero attached hydrogens (tertiary/aromatic N) is 1. The third-order valence-corrected chi connectivity index (χ3v) is 8.20. The predicted molar refractivity (Wildman–Crippen MR) is 221 cm³/mol. The highest BCUT2D eigenvalue weighted by atomic mass is 16.7. The SMILES string of the molecule is CC/C=C\C/C=C\C/C=C\C/C=C\C/C=C\CCCC(=O)OC(COC(=O)CCCCCCC/C=C\CCCCC)COC(OCC[N+](C)(C)C)C(=O)O. The summed E-state index contributed by atoms with van der Waals surface area (Å²) in [7, 11) is 5.92. The number of ether oxygens (including phenoxy) is 4. The van der Waals surface area contributed by atoms with Crippen LogP contribution in [0.5, 0.6) is 0 Å². The van der Waals surface area contributed by atoms with E-state index in [9.17, 15) is 19.5 Å². The molecule has 0 saturated carbocycles. The molecule has 2 unspecified atom stereocenters. The van der Waals surface area contributed by atoms with Crippen LogP contribution in [0.3, 0.4) is 0 Å². The van der Waals surface area contributed by atoms with E-state index >= 15 is 0 Å². The second kappa shape index (κ2) is 36.7. The molecule has 0 aliphatic heterocycles. The first-order valence-corrected chi connectivity index (χ1v) is 20.6. The lowest BCUT2D eigenvalue weighted by Crippen LogP contribution is -2.40. The van der Waals surface area contributed by atoms with E-state index < -0.39 is 24.3 Å². The molecule has 0 heterocycles. The van der Waals surface area contributed by atoms with Gasteiger partial charge in [-0.3, -0.25) is 9.59 Å². The molecular weight excluding hydrogens is 682 g/mol. The molecule has 0 radical (unpaired) electrons. The van der Waals surface area contributed by atoms with Crippen LogP contribution in [-0.4, -0.2) is 87.4 Å². The van der Waals surface area contributed by atoms with Gasteiger partial charge in [0.2, 0.25) is 0 Å². The summed E-state index contributed by atoms with van der Waals surface area (Å²) in [5, 5.41) is 9.60. The third-order valence-electron chi connectivity index (χ3n) is 8.20. The van der Waals surface area contributed by atoms with E-state index in [1.54, 1.807) is 0 Å². The summed E-state index contributed by atoms with van der Waals surface area (Å²) < 4.78 is 22.6. The summed E-state index contributed by atoms with van der Waals surface area (Å²) in [5.74, 6) is -2.11. The highest BCUT2D eigenvalue weighted by Gasteiger charge is 2.25. The maximum atomic E-state index is 12.7. The van der Waals surface area contributed by atoms with E-state index in [-0.39, 0.29) is 38.6 Å². The molecule has 0 saturated heterocycles. The van der Waals surface area contributed by atoms with Gasteiger partial charge in [-0.25, -0.2) is 4.79 Å². The van der Waals surface area contributed by atoms with Crippen LogP contribution in [0.25, 0.3) is 0 Å². The number of carboxylic acid groups (broad SMARTS) is 1. The van der Waals surface area contributed by atoms with Gasteiger partial charge in [-0.1, -0.05) is 119 Å². The van der Waals surface area contributed by atoms with Crippen molar-refractivity contribution in [3.05, 3.63) is 72.9 Å². The zero-order valence-electron chi connectivity index (χ0n) is 34.6. The van der Waals surface area contributed by atoms with Crippen LogP contribution in [0.4, 0.5) is 0 Å². The zero-order valence-corrected chi connectivity index (χ0v) is 34.6. The molecule has 0 aromatic carbocycles. The molecule has 9 heteroatoms. The molecule has 0 fully saturated rings. The Bertz CT molecular complexity index is 1120. The van der Waals surface area contributed by atoms with Crippen LogP contribution < -0.4 is 0 Å². The van der Waals surface area contributed by atoms with Crippen LogP contribution in [0.2, 0.25) is 0 Å². The van der Waals surface area contributed by atoms with Gasteiger partial charge in [0.05, 0.1) is 34.4 Å². The number of carboxylic acids is 1. The van der Waals surface area contributed by atoms with E-state index in [0.29, 0.717) is 17.4 Å². The second-order valence-electron chi connectivity index (χ2n) is 14.6. The number of allylic oxidation sites excluding steroid dienone is 12. The van der Waals surface area contributed by atoms with Crippen LogP contribution in [0.1, 0.15) is 136 Å². The molecule has 0 aromatic rings. The molecule has 0 aliphatic carbocycles. The van der Waals surface area contributed by atoms with Crippen LogP contribution in [0, 0.1) is 0 Å². The van der Waals surface area contributed by atoms with E-state index in [4.69, 9.17) is 18.9 Å². The lowest BCUT2D eigenvalue weighted by Gasteiger charge is -2.25. The second-order valence-corrected chi connectivity index (χ2v) is 14.6. The average molecular weight is 759 g/mol. The zero-order chi connectivity index (χ0) is 40.0. The first-order chi connectivity index (χ1) is 26.1. The van der Waals surface area contributed by atoms with Crippen molar-refractivity contribution in [1.82, 2.24) is 0 Å². The quantitative estimate of drug-likeness (QED) is 0.0221. The van der Waals surface area contributed by atoms with Crippen LogP contribution in [0.15, 0.2) is 72.9 Å². The van der Waals surface area contributed by atoms with Gasteiger partial charge in [0, 0.05) is 12.8 Å². The molecule has 54 heavy (non-hydrogen) atoms. The number of carbonyl (C=O) groups is 3. The number of esters is 2. The average Bonchev–Trinajstić information content (AvgIpc) is 3.12. The Hall–Kier alpha value is -3.27. The maximum Gasteiger partial charge on any atom is 0.361 e. The number of hydrogen-bond donors (Lipinski definition) is 1. The summed E-state index contributed by atoms with van der Waals surface area (Å²) in [4.78, 5) is 37.0. The van der Waals surface area contributed by atoms with E-state index in [1.165, 1.54) is 25.7 Å². The normalized spacial score (nSPS) is 13.7. The van der Waals surface area contributed by atoms with E-state index in [2.05, 4.69) is 80.7 Å². The summed E-state index contributed by atoms with van der Waals surface area (Å²) in [5.41, 5.74) is 0. The van der Waals surface area contributed by atoms with Gasteiger partial charge < -0.3 is 28.5 Å². The van der Waals surface area contributed by atoms with E-state index in [1.807, 2.05) is 27.2 Å². The number of rotatable bonds is 36. The Kier molecular flexibility index (Phi) is 34.5. The van der Waals surface area contributed by atoms with Crippen molar-refractivity contribution in [1.29, 1.82) is 0 Å². The van der Waals surface area contributed by atoms with Crippen molar-refractivity contribution in [3.63, 3.8) is 0 Å². The molecular formula is C45H76NO8+. The molecule has 1 N–H and O–H groups in total. The van der Waals surface area contributed by atoms with Gasteiger partial charge in [-0.15, -0.1) is 0 Å². The molecule has 0 amide bonds. The van der Waals surface area contributed by atoms with Crippen molar-refractivity contribution < 1.29 is 42.9 Å². The van der Waals surface area contributed by atoms with Gasteiger partial charge in [0.25, 0.3) is 6.29 Å². The lowest BCUT2D eigenvalue weighted by molar-refractivity contribution is -0.870. The molecule has 0 aromatic heterocycles. The Morgan fingerprint density at radius 1 is 0.574 bits per heavy atom. The van der Waals surface area contributed by atoms with Gasteiger partial charge in [0.15, 0.2) is 6.10 Å². The van der Waals surface area contributed by atoms with Gasteiger partial charge in [-0.05, 0) is 77.0 Å². The minimum atomic E-state index is -1.53. The smallest absolute Gasteiger partial charge is 0.361 e. The molecule has 0 bridgehead atoms. The third kappa shape index (κ3) is 37.1. The Morgan fingerprint density at radius 3 is 1.65 bits per heavy atom. The Labute approximate surface area is 328 Å². The Morgan fingerprint density at radius 2 is 1.07 bits per heavy atom. The lowest BCUT2D eigenvalue weighted by atomic mass is 10.1. The molecule has 308 valence electrons. The standard InChI is InChI=1S/C45H75NO8/c1-6-8-10-12-14-16-18-20-21-22-23-24-26-28-30-32-34-36-43(48)54-41(40-53-45(44(49)50)51-38-37-46(3,4)5)39-52-42(47)35-33-31-29-27-25-19-17-15-13-11-9-7-2/h8,10,14-17,20-21,23-24,28,30,41,45H,6-7,9,11-13,18-19,22,25-27,29,31-40H2,1-5H3/p+1/b10-8-,16-14-,17-15-,21-20-,24-23-,30-28-. The summed E-state index contributed by atoms with van der Waals surface area (Å²) in [6.45, 7) is 4.62. The van der Waals surface area contributed by atoms with Gasteiger partial charge in [-0.2, -0.15) is 0 Å². The predicted octanol–water partition coefficient (Wildman–Crippen LogP) is 10.4. The van der Waals surface area contributed by atoms with Crippen molar-refractivity contribution in [2.75, 3.05) is 47.5 Å². The number of aliphatic carboxylic acids is 1. The molecule has 0 spiro atoms. The fraction of sp³-hybridized carbons (Fsp3) is 0.667. The molecule has 0 aliphatic rings. The monoisotopic (exact) mass is 759 g/mol. The number of unbranched alkanes of at least 4 members (excludes halogenated alkanes) is 9. The highest BCUT2D eigenvalue weighted by Crippen LogP contribution is 2.11. The minimum absolute atomic E-state index is 0.172. The molecule has 9 nitrogen and oxygen atoms in total. The minimum Gasteiger partial charge on any atom is -0.477 e. The van der Waals surface area contributed by atoms with Crippen molar-refractivity contribution in [2.45, 2.75) is 148 Å².